The fourth-order valence-electron chi connectivity index (χ4n) is 5.23. The van der Waals surface area contributed by atoms with Crippen LogP contribution in [0.15, 0.2) is 48.5 Å². The maximum Gasteiger partial charge on any atom is 0.307 e. The molecule has 0 atom stereocenters. The molecule has 0 unspecified atom stereocenters. The van der Waals surface area contributed by atoms with Crippen LogP contribution in [-0.2, 0) is 16.6 Å². The molecule has 3 aromatic rings. The molecule has 2 aromatic carbocycles. The molecule has 38 heavy (non-hydrogen) atoms. The molecule has 1 saturated heterocycles. The molecule has 0 radical (unpaired) electrons. The summed E-state index contributed by atoms with van der Waals surface area (Å²) < 4.78 is 19.5. The van der Waals surface area contributed by atoms with E-state index in [-0.39, 0.29) is 23.1 Å². The average molecular weight is 519 g/mol. The lowest BCUT2D eigenvalue weighted by molar-refractivity contribution is -0.136. The molecule has 1 aliphatic heterocycles. The van der Waals surface area contributed by atoms with Gasteiger partial charge < -0.3 is 14.7 Å². The highest BCUT2D eigenvalue weighted by Gasteiger charge is 2.30. The van der Waals surface area contributed by atoms with E-state index in [1.165, 1.54) is 12.1 Å². The van der Waals surface area contributed by atoms with Crippen molar-refractivity contribution < 1.29 is 19.0 Å². The van der Waals surface area contributed by atoms with Gasteiger partial charge in [-0.25, -0.2) is 4.39 Å². The molecule has 1 aromatic heterocycles. The fourth-order valence-corrected chi connectivity index (χ4v) is 5.23. The minimum atomic E-state index is -0.851. The molecule has 1 N–H and O–H groups in total. The first kappa shape index (κ1) is 27.6. The normalized spacial score (nSPS) is 15.4. The number of ether oxygens (including phenoxy) is 1. The molecule has 5 nitrogen and oxygen atoms in total. The monoisotopic (exact) mass is 518 g/mol. The lowest BCUT2D eigenvalue weighted by Crippen LogP contribution is -2.38. The van der Waals surface area contributed by atoms with E-state index >= 15 is 0 Å². The van der Waals surface area contributed by atoms with Crippen LogP contribution in [0.2, 0.25) is 0 Å². The summed E-state index contributed by atoms with van der Waals surface area (Å²) in [6.07, 6.45) is 2.05. The highest BCUT2D eigenvalue weighted by atomic mass is 19.1. The number of halogens is 1. The number of carboxylic acids is 1. The first-order valence-electron chi connectivity index (χ1n) is 13.3. The Kier molecular flexibility index (Phi) is 7.82. The second-order valence-corrected chi connectivity index (χ2v) is 11.9. The molecular weight excluding hydrogens is 479 g/mol. The third kappa shape index (κ3) is 6.17. The van der Waals surface area contributed by atoms with Gasteiger partial charge in [-0.3, -0.25) is 9.78 Å². The van der Waals surface area contributed by atoms with Gasteiger partial charge in [0.2, 0.25) is 0 Å². The SMILES string of the molecule is Cc1nc(C)c(-c2ccc(OCC(C)(C)c3ccc(F)cc3)cc2)c(N2CCC(C)(C)CC2)c1CC(=O)O. The van der Waals surface area contributed by atoms with Crippen LogP contribution in [0.4, 0.5) is 10.1 Å². The quantitative estimate of drug-likeness (QED) is 0.344. The van der Waals surface area contributed by atoms with Gasteiger partial charge in [0.15, 0.2) is 0 Å². The van der Waals surface area contributed by atoms with E-state index in [9.17, 15) is 14.3 Å². The Balaban J connectivity index is 1.64. The van der Waals surface area contributed by atoms with E-state index < -0.39 is 5.97 Å². The lowest BCUT2D eigenvalue weighted by atomic mass is 9.82. The van der Waals surface area contributed by atoms with Crippen molar-refractivity contribution in [3.05, 3.63) is 76.9 Å². The summed E-state index contributed by atoms with van der Waals surface area (Å²) in [6, 6.07) is 14.5. The molecule has 202 valence electrons. The Morgan fingerprint density at radius 3 is 2.21 bits per heavy atom. The fraction of sp³-hybridized carbons (Fsp3) is 0.438. The standard InChI is InChI=1S/C32H39FN2O3/c1-21-27(19-28(36)37)30(35-17-15-31(3,4)16-18-35)29(22(2)34-21)23-7-13-26(14-8-23)38-20-32(5,6)24-9-11-25(33)12-10-24/h7-14H,15-20H2,1-6H3,(H,36,37). The Morgan fingerprint density at radius 1 is 1.03 bits per heavy atom. The van der Waals surface area contributed by atoms with Crippen LogP contribution < -0.4 is 9.64 Å². The van der Waals surface area contributed by atoms with Gasteiger partial charge in [-0.1, -0.05) is 52.0 Å². The number of aryl methyl sites for hydroxylation is 2. The summed E-state index contributed by atoms with van der Waals surface area (Å²) in [7, 11) is 0. The van der Waals surface area contributed by atoms with Crippen molar-refractivity contribution in [1.82, 2.24) is 4.98 Å². The van der Waals surface area contributed by atoms with Gasteiger partial charge in [-0.05, 0) is 67.5 Å². The van der Waals surface area contributed by atoms with Crippen LogP contribution >= 0.6 is 0 Å². The topological polar surface area (TPSA) is 62.7 Å². The van der Waals surface area contributed by atoms with Crippen LogP contribution in [0.5, 0.6) is 5.75 Å². The Bertz CT molecular complexity index is 1290. The van der Waals surface area contributed by atoms with Crippen molar-refractivity contribution in [2.24, 2.45) is 5.41 Å². The van der Waals surface area contributed by atoms with E-state index in [0.717, 1.165) is 71.0 Å². The summed E-state index contributed by atoms with van der Waals surface area (Å²) in [4.78, 5) is 19.0. The number of benzene rings is 2. The molecule has 0 saturated carbocycles. The van der Waals surface area contributed by atoms with E-state index in [4.69, 9.17) is 9.72 Å². The van der Waals surface area contributed by atoms with Gasteiger partial charge in [0.1, 0.15) is 11.6 Å². The van der Waals surface area contributed by atoms with Gasteiger partial charge >= 0.3 is 5.97 Å². The molecule has 0 bridgehead atoms. The number of pyridine rings is 1. The number of nitrogens with zero attached hydrogens (tertiary/aromatic N) is 2. The Hall–Kier alpha value is -3.41. The van der Waals surface area contributed by atoms with E-state index in [1.807, 2.05) is 38.1 Å². The number of hydrogen-bond acceptors (Lipinski definition) is 4. The molecule has 0 aliphatic carbocycles. The molecule has 1 aliphatic rings. The largest absolute Gasteiger partial charge is 0.493 e. The molecule has 0 spiro atoms. The third-order valence-electron chi connectivity index (χ3n) is 7.79. The molecule has 2 heterocycles. The average Bonchev–Trinajstić information content (AvgIpc) is 2.85. The van der Waals surface area contributed by atoms with Crippen LogP contribution in [-0.4, -0.2) is 35.8 Å². The van der Waals surface area contributed by atoms with Gasteiger partial charge in [-0.2, -0.15) is 0 Å². The Labute approximate surface area is 225 Å². The smallest absolute Gasteiger partial charge is 0.307 e. The van der Waals surface area contributed by atoms with E-state index in [2.05, 4.69) is 32.6 Å². The number of carboxylic acid groups (broad SMARTS) is 1. The second kappa shape index (κ2) is 10.8. The van der Waals surface area contributed by atoms with Gasteiger partial charge in [0, 0.05) is 41.0 Å². The maximum atomic E-state index is 13.4. The number of aliphatic carboxylic acids is 1. The van der Waals surface area contributed by atoms with Crippen molar-refractivity contribution in [3.8, 4) is 16.9 Å². The summed E-state index contributed by atoms with van der Waals surface area (Å²) in [6.45, 7) is 14.9. The summed E-state index contributed by atoms with van der Waals surface area (Å²) in [5.74, 6) is -0.356. The number of carbonyl (C=O) groups is 1. The summed E-state index contributed by atoms with van der Waals surface area (Å²) >= 11 is 0. The van der Waals surface area contributed by atoms with Crippen LogP contribution in [0, 0.1) is 25.1 Å². The van der Waals surface area contributed by atoms with E-state index in [1.54, 1.807) is 12.1 Å². The molecule has 4 rings (SSSR count). The summed E-state index contributed by atoms with van der Waals surface area (Å²) in [5, 5.41) is 9.70. The first-order valence-corrected chi connectivity index (χ1v) is 13.3. The van der Waals surface area contributed by atoms with Crippen LogP contribution in [0.1, 0.15) is 63.1 Å². The van der Waals surface area contributed by atoms with Crippen molar-refractivity contribution in [1.29, 1.82) is 0 Å². The highest BCUT2D eigenvalue weighted by Crippen LogP contribution is 2.42. The Morgan fingerprint density at radius 2 is 1.63 bits per heavy atom. The van der Waals surface area contributed by atoms with Gasteiger partial charge in [-0.15, -0.1) is 0 Å². The summed E-state index contributed by atoms with van der Waals surface area (Å²) in [5.41, 5.74) is 6.44. The molecular formula is C32H39FN2O3. The predicted molar refractivity (Wildman–Crippen MR) is 151 cm³/mol. The lowest BCUT2D eigenvalue weighted by Gasteiger charge is -2.40. The van der Waals surface area contributed by atoms with Crippen molar-refractivity contribution >= 4 is 11.7 Å². The minimum absolute atomic E-state index is 0.0546. The first-order chi connectivity index (χ1) is 17.9. The highest BCUT2D eigenvalue weighted by molar-refractivity contribution is 5.86. The van der Waals surface area contributed by atoms with Gasteiger partial charge in [0.25, 0.3) is 0 Å². The molecule has 1 fully saturated rings. The van der Waals surface area contributed by atoms with Gasteiger partial charge in [0.05, 0.1) is 18.7 Å². The molecule has 6 heteroatoms. The van der Waals surface area contributed by atoms with Crippen molar-refractivity contribution in [3.63, 3.8) is 0 Å². The number of rotatable bonds is 8. The van der Waals surface area contributed by atoms with E-state index in [0.29, 0.717) is 6.61 Å². The van der Waals surface area contributed by atoms with Crippen LogP contribution in [0.3, 0.4) is 0 Å². The number of aromatic nitrogens is 1. The third-order valence-corrected chi connectivity index (χ3v) is 7.79. The zero-order chi connectivity index (χ0) is 27.7. The minimum Gasteiger partial charge on any atom is -0.493 e. The zero-order valence-electron chi connectivity index (χ0n) is 23.4. The predicted octanol–water partition coefficient (Wildman–Crippen LogP) is 7.11. The number of piperidine rings is 1. The number of anilines is 1. The zero-order valence-corrected chi connectivity index (χ0v) is 23.4. The number of hydrogen-bond donors (Lipinski definition) is 1. The van der Waals surface area contributed by atoms with Crippen molar-refractivity contribution in [2.75, 3.05) is 24.6 Å². The maximum absolute atomic E-state index is 13.4. The van der Waals surface area contributed by atoms with Crippen LogP contribution in [0.25, 0.3) is 11.1 Å². The molecule has 0 amide bonds. The second-order valence-electron chi connectivity index (χ2n) is 11.9. The van der Waals surface area contributed by atoms with Crippen molar-refractivity contribution in [2.45, 2.75) is 66.2 Å².